The fraction of sp³-hybridized carbons (Fsp3) is 0.333. The van der Waals surface area contributed by atoms with E-state index in [9.17, 15) is 9.59 Å². The first kappa shape index (κ1) is 22.2. The molecule has 7 nitrogen and oxygen atoms in total. The molecule has 0 fully saturated rings. The number of aryl methyl sites for hydroxylation is 2. The number of hydrogen-bond acceptors (Lipinski definition) is 7. The van der Waals surface area contributed by atoms with Crippen molar-refractivity contribution in [3.8, 4) is 28.6 Å². The molecule has 0 aliphatic carbocycles. The van der Waals surface area contributed by atoms with E-state index in [1.54, 1.807) is 38.1 Å². The van der Waals surface area contributed by atoms with Gasteiger partial charge in [0.15, 0.2) is 23.9 Å². The van der Waals surface area contributed by atoms with Gasteiger partial charge in [0.25, 0.3) is 0 Å². The molecular formula is C24H26O7. The van der Waals surface area contributed by atoms with Gasteiger partial charge in [-0.25, -0.2) is 4.79 Å². The van der Waals surface area contributed by atoms with Gasteiger partial charge in [0.05, 0.1) is 25.7 Å². The summed E-state index contributed by atoms with van der Waals surface area (Å²) < 4.78 is 27.6. The Morgan fingerprint density at radius 2 is 1.74 bits per heavy atom. The van der Waals surface area contributed by atoms with Crippen molar-refractivity contribution >= 4 is 16.9 Å². The highest BCUT2D eigenvalue weighted by Crippen LogP contribution is 2.37. The Hall–Kier alpha value is -3.48. The molecule has 0 saturated heterocycles. The Morgan fingerprint density at radius 1 is 1.03 bits per heavy atom. The topological polar surface area (TPSA) is 84.2 Å². The van der Waals surface area contributed by atoms with Crippen molar-refractivity contribution in [1.29, 1.82) is 0 Å². The molecule has 0 aliphatic heterocycles. The van der Waals surface area contributed by atoms with Crippen LogP contribution >= 0.6 is 0 Å². The molecule has 0 N–H and O–H groups in total. The average molecular weight is 426 g/mol. The zero-order valence-corrected chi connectivity index (χ0v) is 18.5. The average Bonchev–Trinajstić information content (AvgIpc) is 2.72. The van der Waals surface area contributed by atoms with Crippen molar-refractivity contribution < 1.29 is 28.2 Å². The number of rotatable bonds is 7. The van der Waals surface area contributed by atoms with Crippen LogP contribution in [-0.2, 0) is 9.53 Å². The predicted molar refractivity (Wildman–Crippen MR) is 117 cm³/mol. The van der Waals surface area contributed by atoms with E-state index >= 15 is 0 Å². The Labute approximate surface area is 180 Å². The van der Waals surface area contributed by atoms with E-state index in [-0.39, 0.29) is 23.0 Å². The third-order valence-electron chi connectivity index (χ3n) is 4.63. The fourth-order valence-electron chi connectivity index (χ4n) is 3.36. The summed E-state index contributed by atoms with van der Waals surface area (Å²) in [5, 5.41) is 0.383. The van der Waals surface area contributed by atoms with Crippen LogP contribution in [0.2, 0.25) is 0 Å². The van der Waals surface area contributed by atoms with Crippen LogP contribution in [0.25, 0.3) is 22.3 Å². The highest BCUT2D eigenvalue weighted by atomic mass is 16.6. The van der Waals surface area contributed by atoms with E-state index in [0.717, 1.165) is 11.1 Å². The molecular weight excluding hydrogens is 400 g/mol. The number of fused-ring (bicyclic) bond motifs is 1. The third-order valence-corrected chi connectivity index (χ3v) is 4.63. The van der Waals surface area contributed by atoms with Crippen LogP contribution in [0.15, 0.2) is 39.5 Å². The maximum atomic E-state index is 13.3. The van der Waals surface area contributed by atoms with Crippen molar-refractivity contribution in [1.82, 2.24) is 0 Å². The summed E-state index contributed by atoms with van der Waals surface area (Å²) in [5.41, 5.74) is 2.37. The molecule has 0 amide bonds. The zero-order valence-electron chi connectivity index (χ0n) is 18.5. The van der Waals surface area contributed by atoms with Crippen molar-refractivity contribution in [2.24, 2.45) is 0 Å². The lowest BCUT2D eigenvalue weighted by atomic mass is 10.0. The van der Waals surface area contributed by atoms with E-state index in [1.165, 1.54) is 14.2 Å². The normalized spacial score (nSPS) is 10.9. The molecule has 0 atom stereocenters. The minimum atomic E-state index is -0.576. The first-order valence-electron chi connectivity index (χ1n) is 9.87. The van der Waals surface area contributed by atoms with Crippen LogP contribution in [0, 0.1) is 13.8 Å². The molecule has 7 heteroatoms. The van der Waals surface area contributed by atoms with Gasteiger partial charge >= 0.3 is 5.97 Å². The van der Waals surface area contributed by atoms with Crippen molar-refractivity contribution in [3.63, 3.8) is 0 Å². The summed E-state index contributed by atoms with van der Waals surface area (Å²) in [4.78, 5) is 25.4. The molecule has 31 heavy (non-hydrogen) atoms. The standard InChI is InChI=1S/C24H26O7/c1-13(2)30-20(25)12-29-24-21(26)17-10-14(3)9-15(4)22(17)31-23(24)16-7-8-18(27-5)19(11-16)28-6/h7-11,13H,12H2,1-6H3. The summed E-state index contributed by atoms with van der Waals surface area (Å²) in [7, 11) is 3.05. The molecule has 0 saturated carbocycles. The van der Waals surface area contributed by atoms with Crippen LogP contribution in [0.5, 0.6) is 17.2 Å². The maximum Gasteiger partial charge on any atom is 0.344 e. The molecule has 2 aromatic carbocycles. The number of carbonyl (C=O) groups is 1. The smallest absolute Gasteiger partial charge is 0.344 e. The molecule has 1 heterocycles. The summed E-state index contributed by atoms with van der Waals surface area (Å²) in [6, 6.07) is 8.80. The quantitative estimate of drug-likeness (QED) is 0.517. The van der Waals surface area contributed by atoms with Gasteiger partial charge in [-0.1, -0.05) is 6.07 Å². The number of methoxy groups -OCH3 is 2. The summed E-state index contributed by atoms with van der Waals surface area (Å²) in [6.45, 7) is 6.83. The SMILES string of the molecule is COc1ccc(-c2oc3c(C)cc(C)cc3c(=O)c2OCC(=O)OC(C)C)cc1OC. The minimum Gasteiger partial charge on any atom is -0.493 e. The highest BCUT2D eigenvalue weighted by Gasteiger charge is 2.21. The molecule has 0 aliphatic rings. The van der Waals surface area contributed by atoms with Crippen LogP contribution < -0.4 is 19.6 Å². The zero-order chi connectivity index (χ0) is 22.7. The van der Waals surface area contributed by atoms with Crippen LogP contribution in [0.1, 0.15) is 25.0 Å². The monoisotopic (exact) mass is 426 g/mol. The van der Waals surface area contributed by atoms with Crippen molar-refractivity contribution in [3.05, 3.63) is 51.7 Å². The van der Waals surface area contributed by atoms with Gasteiger partial charge in [-0.3, -0.25) is 4.79 Å². The second kappa shape index (κ2) is 9.12. The second-order valence-electron chi connectivity index (χ2n) is 7.44. The van der Waals surface area contributed by atoms with E-state index in [0.29, 0.717) is 28.0 Å². The van der Waals surface area contributed by atoms with Gasteiger partial charge in [0, 0.05) is 5.56 Å². The highest BCUT2D eigenvalue weighted by molar-refractivity contribution is 5.85. The first-order chi connectivity index (χ1) is 14.7. The van der Waals surface area contributed by atoms with Crippen molar-refractivity contribution in [2.45, 2.75) is 33.8 Å². The molecule has 164 valence electrons. The van der Waals surface area contributed by atoms with Gasteiger partial charge in [-0.15, -0.1) is 0 Å². The Kier molecular flexibility index (Phi) is 6.53. The molecule has 1 aromatic heterocycles. The lowest BCUT2D eigenvalue weighted by Crippen LogP contribution is -2.21. The predicted octanol–water partition coefficient (Wildman–Crippen LogP) is 4.42. The Balaban J connectivity index is 2.20. The van der Waals surface area contributed by atoms with E-state index < -0.39 is 12.6 Å². The number of benzene rings is 2. The van der Waals surface area contributed by atoms with Gasteiger partial charge in [-0.05, 0) is 63.1 Å². The lowest BCUT2D eigenvalue weighted by Gasteiger charge is -2.15. The maximum absolute atomic E-state index is 13.3. The largest absolute Gasteiger partial charge is 0.493 e. The fourth-order valence-corrected chi connectivity index (χ4v) is 3.36. The van der Waals surface area contributed by atoms with E-state index in [1.807, 2.05) is 19.9 Å². The molecule has 3 rings (SSSR count). The Bertz CT molecular complexity index is 1170. The lowest BCUT2D eigenvalue weighted by molar-refractivity contribution is -0.149. The third kappa shape index (κ3) is 4.66. The second-order valence-corrected chi connectivity index (χ2v) is 7.44. The molecule has 3 aromatic rings. The van der Waals surface area contributed by atoms with Crippen LogP contribution in [0.3, 0.4) is 0 Å². The van der Waals surface area contributed by atoms with Gasteiger partial charge in [0.2, 0.25) is 11.2 Å². The van der Waals surface area contributed by atoms with Crippen LogP contribution in [-0.4, -0.2) is 32.9 Å². The molecule has 0 unspecified atom stereocenters. The van der Waals surface area contributed by atoms with E-state index in [4.69, 9.17) is 23.4 Å². The van der Waals surface area contributed by atoms with Gasteiger partial charge < -0.3 is 23.4 Å². The van der Waals surface area contributed by atoms with E-state index in [2.05, 4.69) is 0 Å². The number of ether oxygens (including phenoxy) is 4. The Morgan fingerprint density at radius 3 is 2.39 bits per heavy atom. The number of carbonyl (C=O) groups excluding carboxylic acids is 1. The summed E-state index contributed by atoms with van der Waals surface area (Å²) >= 11 is 0. The number of esters is 1. The van der Waals surface area contributed by atoms with Crippen molar-refractivity contribution in [2.75, 3.05) is 20.8 Å². The first-order valence-corrected chi connectivity index (χ1v) is 9.87. The summed E-state index contributed by atoms with van der Waals surface area (Å²) in [5.74, 6) is 0.555. The molecule has 0 radical (unpaired) electrons. The van der Waals surface area contributed by atoms with Gasteiger partial charge in [0.1, 0.15) is 5.58 Å². The summed E-state index contributed by atoms with van der Waals surface area (Å²) in [6.07, 6.45) is -0.292. The van der Waals surface area contributed by atoms with Gasteiger partial charge in [-0.2, -0.15) is 0 Å². The molecule has 0 spiro atoms. The number of hydrogen-bond donors (Lipinski definition) is 0. The molecule has 0 bridgehead atoms. The van der Waals surface area contributed by atoms with Crippen LogP contribution in [0.4, 0.5) is 0 Å². The minimum absolute atomic E-state index is 0.0644.